The number of unbranched alkanes of at least 4 members (excludes halogenated alkanes) is 2. The van der Waals surface area contributed by atoms with Gasteiger partial charge in [-0.3, -0.25) is 9.88 Å². The fraction of sp³-hybridized carbons (Fsp3) is 0.541. The summed E-state index contributed by atoms with van der Waals surface area (Å²) in [5.74, 6) is 0.870. The topological polar surface area (TPSA) is 72.8 Å². The van der Waals surface area contributed by atoms with Gasteiger partial charge in [0.25, 0.3) is 0 Å². The van der Waals surface area contributed by atoms with Crippen molar-refractivity contribution < 1.29 is 23.0 Å². The number of hydrogen-bond donors (Lipinski definition) is 0. The maximum Gasteiger partial charge on any atom is 0.319 e. The standard InChI is InChI=1S/C37H46ClF2N5O3/c1-4-6-7-8-13-28-29(17-27(18-31(28)38)48-24-46-3)33-32(40)34-30(20-41-33)35(44-15-9-12-25(21-44)11-5-2)43-36(42-34)47-23-37-14-10-16-45(37)22-26(39)19-37/h4-5,17-18,20,25-26H,1-2,6-16,19,21-24H2,3H3/t25?,26-,37+/m1/s1. The van der Waals surface area contributed by atoms with Gasteiger partial charge in [0.2, 0.25) is 0 Å². The smallest absolute Gasteiger partial charge is 0.319 e. The van der Waals surface area contributed by atoms with Crippen molar-refractivity contribution in [3.8, 4) is 23.0 Å². The van der Waals surface area contributed by atoms with Crippen molar-refractivity contribution in [3.05, 3.63) is 60.0 Å². The number of halogens is 3. The lowest BCUT2D eigenvalue weighted by atomic mass is 9.94. The summed E-state index contributed by atoms with van der Waals surface area (Å²) in [5.41, 5.74) is 1.19. The number of rotatable bonds is 15. The molecule has 0 amide bonds. The van der Waals surface area contributed by atoms with E-state index < -0.39 is 12.0 Å². The minimum absolute atomic E-state index is 0.0180. The number of allylic oxidation sites excluding steroid dienone is 2. The number of anilines is 1. The molecular weight excluding hydrogens is 636 g/mol. The van der Waals surface area contributed by atoms with Crippen molar-refractivity contribution in [3.63, 3.8) is 0 Å². The molecule has 3 aliphatic rings. The minimum atomic E-state index is -0.885. The van der Waals surface area contributed by atoms with Crippen LogP contribution >= 0.6 is 11.6 Å². The molecule has 0 bridgehead atoms. The average molecular weight is 682 g/mol. The number of pyridine rings is 1. The highest BCUT2D eigenvalue weighted by molar-refractivity contribution is 6.32. The average Bonchev–Trinajstić information content (AvgIpc) is 3.61. The van der Waals surface area contributed by atoms with E-state index >= 15 is 4.39 Å². The summed E-state index contributed by atoms with van der Waals surface area (Å²) in [7, 11) is 1.53. The van der Waals surface area contributed by atoms with E-state index in [0.717, 1.165) is 76.6 Å². The van der Waals surface area contributed by atoms with Gasteiger partial charge in [0, 0.05) is 49.9 Å². The molecule has 1 aromatic carbocycles. The third-order valence-corrected chi connectivity index (χ3v) is 10.4. The van der Waals surface area contributed by atoms with E-state index in [0.29, 0.717) is 52.8 Å². The number of aromatic nitrogens is 3. The number of fused-ring (bicyclic) bond motifs is 2. The highest BCUT2D eigenvalue weighted by Crippen LogP contribution is 2.42. The van der Waals surface area contributed by atoms with E-state index in [9.17, 15) is 4.39 Å². The van der Waals surface area contributed by atoms with Gasteiger partial charge in [-0.1, -0.05) is 23.8 Å². The van der Waals surface area contributed by atoms with Crippen LogP contribution in [0.2, 0.25) is 5.02 Å². The summed E-state index contributed by atoms with van der Waals surface area (Å²) in [4.78, 5) is 18.6. The molecule has 0 N–H and O–H groups in total. The quantitative estimate of drug-likeness (QED) is 0.0905. The van der Waals surface area contributed by atoms with Gasteiger partial charge in [0.1, 0.15) is 35.6 Å². The monoisotopic (exact) mass is 681 g/mol. The first-order chi connectivity index (χ1) is 23.4. The predicted molar refractivity (Wildman–Crippen MR) is 186 cm³/mol. The molecule has 48 heavy (non-hydrogen) atoms. The number of hydrogen-bond acceptors (Lipinski definition) is 8. The van der Waals surface area contributed by atoms with Gasteiger partial charge in [0.05, 0.1) is 10.9 Å². The van der Waals surface area contributed by atoms with Crippen molar-refractivity contribution in [1.82, 2.24) is 19.9 Å². The Morgan fingerprint density at radius 1 is 1.10 bits per heavy atom. The van der Waals surface area contributed by atoms with Gasteiger partial charge in [-0.15, -0.1) is 13.2 Å². The van der Waals surface area contributed by atoms with Gasteiger partial charge < -0.3 is 19.1 Å². The normalized spacial score (nSPS) is 22.6. The van der Waals surface area contributed by atoms with Crippen molar-refractivity contribution in [1.29, 1.82) is 0 Å². The Morgan fingerprint density at radius 3 is 2.79 bits per heavy atom. The Kier molecular flexibility index (Phi) is 11.1. The van der Waals surface area contributed by atoms with Crippen molar-refractivity contribution in [2.45, 2.75) is 75.9 Å². The minimum Gasteiger partial charge on any atom is -0.467 e. The Labute approximate surface area is 287 Å². The lowest BCUT2D eigenvalue weighted by molar-refractivity contribution is 0.0511. The molecule has 3 aromatic rings. The molecule has 3 fully saturated rings. The highest BCUT2D eigenvalue weighted by Gasteiger charge is 2.49. The molecule has 258 valence electrons. The molecule has 3 aliphatic heterocycles. The van der Waals surface area contributed by atoms with E-state index in [1.54, 1.807) is 18.3 Å². The summed E-state index contributed by atoms with van der Waals surface area (Å²) in [5, 5.41) is 0.981. The molecular formula is C37H46ClF2N5O3. The summed E-state index contributed by atoms with van der Waals surface area (Å²) < 4.78 is 48.7. The first-order valence-corrected chi connectivity index (χ1v) is 17.5. The molecule has 0 radical (unpaired) electrons. The van der Waals surface area contributed by atoms with Crippen LogP contribution in [0.5, 0.6) is 11.8 Å². The Balaban J connectivity index is 1.43. The van der Waals surface area contributed by atoms with Crippen LogP contribution in [-0.4, -0.2) is 78.3 Å². The second kappa shape index (κ2) is 15.5. The second-order valence-corrected chi connectivity index (χ2v) is 13.8. The molecule has 0 saturated carbocycles. The maximum atomic E-state index is 17.0. The summed E-state index contributed by atoms with van der Waals surface area (Å²) in [6, 6.07) is 3.57. The number of ether oxygens (including phenoxy) is 3. The van der Waals surface area contributed by atoms with Gasteiger partial charge >= 0.3 is 6.01 Å². The van der Waals surface area contributed by atoms with Crippen LogP contribution in [0.3, 0.4) is 0 Å². The van der Waals surface area contributed by atoms with E-state index in [-0.39, 0.29) is 36.2 Å². The zero-order valence-corrected chi connectivity index (χ0v) is 28.6. The number of methoxy groups -OCH3 is 1. The van der Waals surface area contributed by atoms with Crippen LogP contribution in [0.4, 0.5) is 14.6 Å². The molecule has 3 saturated heterocycles. The Morgan fingerprint density at radius 2 is 1.98 bits per heavy atom. The molecule has 11 heteroatoms. The molecule has 0 aliphatic carbocycles. The number of nitrogens with zero attached hydrogens (tertiary/aromatic N) is 5. The number of piperidine rings is 1. The van der Waals surface area contributed by atoms with Crippen LogP contribution < -0.4 is 14.4 Å². The van der Waals surface area contributed by atoms with Crippen molar-refractivity contribution in [2.24, 2.45) is 5.92 Å². The zero-order valence-electron chi connectivity index (χ0n) is 27.9. The summed E-state index contributed by atoms with van der Waals surface area (Å²) in [6.07, 6.45) is 13.1. The lowest BCUT2D eigenvalue weighted by Gasteiger charge is -2.34. The van der Waals surface area contributed by atoms with Gasteiger partial charge in [-0.25, -0.2) is 8.78 Å². The third kappa shape index (κ3) is 7.31. The first-order valence-electron chi connectivity index (χ1n) is 17.1. The predicted octanol–water partition coefficient (Wildman–Crippen LogP) is 8.11. The van der Waals surface area contributed by atoms with E-state index in [4.69, 9.17) is 35.8 Å². The Bertz CT molecular complexity index is 1630. The van der Waals surface area contributed by atoms with Crippen LogP contribution in [0, 0.1) is 11.7 Å². The van der Waals surface area contributed by atoms with Gasteiger partial charge in [0.15, 0.2) is 12.6 Å². The summed E-state index contributed by atoms with van der Waals surface area (Å²) in [6.45, 7) is 10.8. The second-order valence-electron chi connectivity index (χ2n) is 13.4. The molecule has 1 unspecified atom stereocenters. The number of alkyl halides is 1. The van der Waals surface area contributed by atoms with Crippen LogP contribution in [0.1, 0.15) is 63.4 Å². The van der Waals surface area contributed by atoms with Crippen LogP contribution in [-0.2, 0) is 11.2 Å². The highest BCUT2D eigenvalue weighted by atomic mass is 35.5. The third-order valence-electron chi connectivity index (χ3n) is 10.0. The zero-order chi connectivity index (χ0) is 33.7. The lowest BCUT2D eigenvalue weighted by Crippen LogP contribution is -2.43. The Hall–Kier alpha value is -3.34. The number of benzene rings is 1. The fourth-order valence-corrected chi connectivity index (χ4v) is 8.03. The SMILES string of the molecule is C=CCCCCc1c(Cl)cc(OCOC)cc1-c1ncc2c(N3CCCC(CC=C)C3)nc(OC[C@@]34CCCN3C[C@H](F)C4)nc2c1F. The van der Waals surface area contributed by atoms with Crippen LogP contribution in [0.15, 0.2) is 43.6 Å². The fourth-order valence-electron chi connectivity index (χ4n) is 7.73. The molecule has 3 atom stereocenters. The molecule has 5 heterocycles. The molecule has 8 nitrogen and oxygen atoms in total. The largest absolute Gasteiger partial charge is 0.467 e. The van der Waals surface area contributed by atoms with Crippen molar-refractivity contribution in [2.75, 3.05) is 51.6 Å². The molecule has 6 rings (SSSR count). The van der Waals surface area contributed by atoms with E-state index in [1.165, 1.54) is 7.11 Å². The maximum absolute atomic E-state index is 17.0. The molecule has 0 spiro atoms. The van der Waals surface area contributed by atoms with Gasteiger partial charge in [-0.05, 0) is 87.9 Å². The van der Waals surface area contributed by atoms with Crippen molar-refractivity contribution >= 4 is 28.3 Å². The van der Waals surface area contributed by atoms with Crippen LogP contribution in [0.25, 0.3) is 22.2 Å². The summed E-state index contributed by atoms with van der Waals surface area (Å²) >= 11 is 6.81. The van der Waals surface area contributed by atoms with Gasteiger partial charge in [-0.2, -0.15) is 9.97 Å². The van der Waals surface area contributed by atoms with E-state index in [2.05, 4.69) is 27.9 Å². The molecule has 2 aromatic heterocycles. The first kappa shape index (κ1) is 34.5. The van der Waals surface area contributed by atoms with E-state index in [1.807, 2.05) is 12.2 Å².